The van der Waals surface area contributed by atoms with Gasteiger partial charge in [0, 0.05) is 6.20 Å². The van der Waals surface area contributed by atoms with Gasteiger partial charge in [-0.25, -0.2) is 0 Å². The third kappa shape index (κ3) is 5.03. The number of rotatable bonds is 6. The molecule has 0 radical (unpaired) electrons. The Bertz CT molecular complexity index is 451. The van der Waals surface area contributed by atoms with E-state index in [4.69, 9.17) is 10.4 Å². The van der Waals surface area contributed by atoms with Gasteiger partial charge in [-0.2, -0.15) is 10.4 Å². The maximum absolute atomic E-state index is 11.3. The minimum atomic E-state index is -1.00. The van der Waals surface area contributed by atoms with Crippen molar-refractivity contribution in [3.05, 3.63) is 12.4 Å². The molecular weight excluding hydrogens is 244 g/mol. The summed E-state index contributed by atoms with van der Waals surface area (Å²) in [5.41, 5.74) is 0.439. The molecule has 1 aromatic heterocycles. The Labute approximate surface area is 101 Å². The lowest BCUT2D eigenvalue weighted by molar-refractivity contribution is -0.137. The third-order valence-corrected chi connectivity index (χ3v) is 2.41. The van der Waals surface area contributed by atoms with Gasteiger partial charge in [0.2, 0.25) is 5.91 Å². The smallest absolute Gasteiger partial charge is 0.325 e. The highest BCUT2D eigenvalue weighted by molar-refractivity contribution is 8.00. The molecule has 0 bridgehead atoms. The van der Waals surface area contributed by atoms with E-state index < -0.39 is 5.97 Å². The van der Waals surface area contributed by atoms with Crippen molar-refractivity contribution in [1.29, 1.82) is 5.26 Å². The first-order valence-electron chi connectivity index (χ1n) is 4.60. The van der Waals surface area contributed by atoms with Crippen molar-refractivity contribution in [3.8, 4) is 6.07 Å². The van der Waals surface area contributed by atoms with Gasteiger partial charge in [0.05, 0.1) is 29.5 Å². The van der Waals surface area contributed by atoms with E-state index in [2.05, 4.69) is 10.4 Å². The number of thioether (sulfide) groups is 1. The first-order valence-corrected chi connectivity index (χ1v) is 5.76. The molecule has 8 heteroatoms. The highest BCUT2D eigenvalue weighted by Gasteiger charge is 2.06. The van der Waals surface area contributed by atoms with Crippen molar-refractivity contribution in [3.63, 3.8) is 0 Å². The number of carbonyl (C=O) groups is 2. The predicted molar refractivity (Wildman–Crippen MR) is 61.4 cm³/mol. The van der Waals surface area contributed by atoms with Crippen molar-refractivity contribution >= 4 is 29.3 Å². The molecule has 0 aliphatic rings. The number of hydrogen-bond acceptors (Lipinski definition) is 5. The number of nitriles is 1. The number of aromatic nitrogens is 2. The quantitative estimate of drug-likeness (QED) is 0.700. The molecule has 1 heterocycles. The lowest BCUT2D eigenvalue weighted by Crippen LogP contribution is -2.14. The first-order chi connectivity index (χ1) is 8.11. The summed E-state index contributed by atoms with van der Waals surface area (Å²) in [5.74, 6) is -0.820. The molecule has 0 unspecified atom stereocenters. The van der Waals surface area contributed by atoms with Crippen molar-refractivity contribution in [1.82, 2.24) is 9.78 Å². The maximum Gasteiger partial charge on any atom is 0.325 e. The van der Waals surface area contributed by atoms with Crippen LogP contribution in [0.1, 0.15) is 0 Å². The van der Waals surface area contributed by atoms with Crippen LogP contribution in [0.2, 0.25) is 0 Å². The summed E-state index contributed by atoms with van der Waals surface area (Å²) in [5, 5.41) is 23.1. The van der Waals surface area contributed by atoms with E-state index in [1.165, 1.54) is 28.8 Å². The van der Waals surface area contributed by atoms with Crippen molar-refractivity contribution in [2.24, 2.45) is 0 Å². The Hall–Kier alpha value is -2.01. The van der Waals surface area contributed by atoms with Crippen LogP contribution < -0.4 is 5.32 Å². The van der Waals surface area contributed by atoms with Crippen LogP contribution in [0, 0.1) is 11.3 Å². The summed E-state index contributed by atoms with van der Waals surface area (Å²) in [7, 11) is 0. The molecule has 7 nitrogen and oxygen atoms in total. The van der Waals surface area contributed by atoms with E-state index in [9.17, 15) is 9.59 Å². The Morgan fingerprint density at radius 2 is 2.41 bits per heavy atom. The zero-order chi connectivity index (χ0) is 12.7. The summed E-state index contributed by atoms with van der Waals surface area (Å²) in [6, 6.07) is 1.91. The van der Waals surface area contributed by atoms with Crippen LogP contribution >= 0.6 is 11.8 Å². The molecule has 1 aromatic rings. The lowest BCUT2D eigenvalue weighted by Gasteiger charge is -1.99. The first kappa shape index (κ1) is 13.1. The summed E-state index contributed by atoms with van der Waals surface area (Å²) < 4.78 is 1.21. The van der Waals surface area contributed by atoms with E-state index >= 15 is 0 Å². The number of hydrogen-bond donors (Lipinski definition) is 2. The van der Waals surface area contributed by atoms with Crippen LogP contribution in [0.4, 0.5) is 5.69 Å². The average molecular weight is 254 g/mol. The molecule has 0 aliphatic heterocycles. The van der Waals surface area contributed by atoms with Gasteiger partial charge >= 0.3 is 5.97 Å². The maximum atomic E-state index is 11.3. The second kappa shape index (κ2) is 6.55. The SMILES string of the molecule is N#CCSCC(=O)Nc1cnn(CC(=O)O)c1. The fourth-order valence-electron chi connectivity index (χ4n) is 1.04. The number of aliphatic carboxylic acids is 1. The molecule has 2 N–H and O–H groups in total. The Kier molecular flexibility index (Phi) is 5.03. The van der Waals surface area contributed by atoms with Crippen LogP contribution in [0.5, 0.6) is 0 Å². The highest BCUT2D eigenvalue weighted by atomic mass is 32.2. The van der Waals surface area contributed by atoms with Gasteiger partial charge in [-0.05, 0) is 0 Å². The molecule has 17 heavy (non-hydrogen) atoms. The summed E-state index contributed by atoms with van der Waals surface area (Å²) in [6.07, 6.45) is 2.80. The van der Waals surface area contributed by atoms with E-state index in [0.717, 1.165) is 0 Å². The van der Waals surface area contributed by atoms with Gasteiger partial charge in [0.15, 0.2) is 0 Å². The van der Waals surface area contributed by atoms with Crippen molar-refractivity contribution in [2.45, 2.75) is 6.54 Å². The second-order valence-corrected chi connectivity index (χ2v) is 4.01. The fourth-order valence-corrected chi connectivity index (χ4v) is 1.49. The Morgan fingerprint density at radius 3 is 3.06 bits per heavy atom. The Morgan fingerprint density at radius 1 is 1.65 bits per heavy atom. The van der Waals surface area contributed by atoms with Gasteiger partial charge in [0.1, 0.15) is 6.54 Å². The normalized spacial score (nSPS) is 9.59. The standard InChI is InChI=1S/C9H10N4O3S/c10-1-2-17-6-8(14)12-7-3-11-13(4-7)5-9(15)16/h3-4H,2,5-6H2,(H,12,14)(H,15,16). The largest absolute Gasteiger partial charge is 0.480 e. The molecular formula is C9H10N4O3S. The minimum Gasteiger partial charge on any atom is -0.480 e. The molecule has 1 rings (SSSR count). The summed E-state index contributed by atoms with van der Waals surface area (Å²) in [4.78, 5) is 21.7. The molecule has 0 fully saturated rings. The topological polar surface area (TPSA) is 108 Å². The van der Waals surface area contributed by atoms with Gasteiger partial charge in [0.25, 0.3) is 0 Å². The third-order valence-electron chi connectivity index (χ3n) is 1.61. The number of carbonyl (C=O) groups excluding carboxylic acids is 1. The van der Waals surface area contributed by atoms with Crippen LogP contribution in [-0.4, -0.2) is 38.3 Å². The summed E-state index contributed by atoms with van der Waals surface area (Å²) in [6.45, 7) is -0.251. The predicted octanol–water partition coefficient (Wildman–Crippen LogP) is 0.163. The van der Waals surface area contributed by atoms with E-state index in [0.29, 0.717) is 5.69 Å². The van der Waals surface area contributed by atoms with E-state index in [-0.39, 0.29) is 24.0 Å². The zero-order valence-electron chi connectivity index (χ0n) is 8.79. The molecule has 0 atom stereocenters. The van der Waals surface area contributed by atoms with Crippen LogP contribution in [0.25, 0.3) is 0 Å². The van der Waals surface area contributed by atoms with Gasteiger partial charge in [-0.3, -0.25) is 14.3 Å². The highest BCUT2D eigenvalue weighted by Crippen LogP contribution is 2.06. The number of anilines is 1. The van der Waals surface area contributed by atoms with Gasteiger partial charge in [-0.15, -0.1) is 11.8 Å². The second-order valence-electron chi connectivity index (χ2n) is 3.02. The molecule has 1 amide bonds. The van der Waals surface area contributed by atoms with Crippen molar-refractivity contribution in [2.75, 3.05) is 16.8 Å². The number of amides is 1. The fraction of sp³-hybridized carbons (Fsp3) is 0.333. The molecule has 90 valence electrons. The Balaban J connectivity index is 2.41. The van der Waals surface area contributed by atoms with Crippen molar-refractivity contribution < 1.29 is 14.7 Å². The lowest BCUT2D eigenvalue weighted by atomic mass is 10.5. The molecule has 0 aliphatic carbocycles. The molecule has 0 saturated heterocycles. The minimum absolute atomic E-state index is 0.178. The number of nitrogens with zero attached hydrogens (tertiary/aromatic N) is 3. The number of nitrogens with one attached hydrogen (secondary N) is 1. The molecule has 0 aromatic carbocycles. The molecule has 0 saturated carbocycles. The van der Waals surface area contributed by atoms with Gasteiger partial charge < -0.3 is 10.4 Å². The molecule has 0 spiro atoms. The summed E-state index contributed by atoms with van der Waals surface area (Å²) >= 11 is 1.20. The van der Waals surface area contributed by atoms with Crippen LogP contribution in [0.15, 0.2) is 12.4 Å². The monoisotopic (exact) mass is 254 g/mol. The van der Waals surface area contributed by atoms with E-state index in [1.807, 2.05) is 6.07 Å². The average Bonchev–Trinajstić information content (AvgIpc) is 2.64. The van der Waals surface area contributed by atoms with Crippen LogP contribution in [0.3, 0.4) is 0 Å². The van der Waals surface area contributed by atoms with Gasteiger partial charge in [-0.1, -0.05) is 0 Å². The van der Waals surface area contributed by atoms with E-state index in [1.54, 1.807) is 0 Å². The number of carboxylic acid groups (broad SMARTS) is 1. The van der Waals surface area contributed by atoms with Crippen LogP contribution in [-0.2, 0) is 16.1 Å². The zero-order valence-corrected chi connectivity index (χ0v) is 9.61. The number of carboxylic acids is 1.